The van der Waals surface area contributed by atoms with Gasteiger partial charge in [0.2, 0.25) is 0 Å². The summed E-state index contributed by atoms with van der Waals surface area (Å²) in [5.74, 6) is 1.59. The molecule has 0 aromatic carbocycles. The maximum atomic E-state index is 12.2. The average Bonchev–Trinajstić information content (AvgIpc) is 2.83. The number of carbonyl (C=O) groups is 2. The van der Waals surface area contributed by atoms with Crippen molar-refractivity contribution in [2.45, 2.75) is 57.5 Å². The van der Waals surface area contributed by atoms with Crippen molar-refractivity contribution in [1.82, 2.24) is 10.2 Å². The lowest BCUT2D eigenvalue weighted by Gasteiger charge is -2.34. The Bertz CT molecular complexity index is 389. The molecule has 5 heteroatoms. The van der Waals surface area contributed by atoms with Gasteiger partial charge in [0, 0.05) is 6.54 Å². The number of nitrogens with zero attached hydrogens (tertiary/aromatic N) is 1. The molecule has 0 spiro atoms. The molecule has 1 rings (SSSR count). The summed E-state index contributed by atoms with van der Waals surface area (Å²) in [4.78, 5) is 25.1. The Morgan fingerprint density at radius 1 is 1.53 bits per heavy atom. The summed E-state index contributed by atoms with van der Waals surface area (Å²) in [6, 6.07) is -0.695. The predicted molar refractivity (Wildman–Crippen MR) is 72.7 cm³/mol. The second-order valence-corrected chi connectivity index (χ2v) is 4.90. The van der Waals surface area contributed by atoms with Crippen LogP contribution in [0.1, 0.15) is 46.0 Å². The predicted octanol–water partition coefficient (Wildman–Crippen LogP) is 1.83. The summed E-state index contributed by atoms with van der Waals surface area (Å²) in [6.07, 6.45) is 8.55. The molecule has 2 N–H and O–H groups in total. The van der Waals surface area contributed by atoms with Gasteiger partial charge in [0.25, 0.3) is 0 Å². The molecule has 0 aromatic rings. The molecule has 0 aromatic heterocycles. The highest BCUT2D eigenvalue weighted by Crippen LogP contribution is 2.32. The number of carbonyl (C=O) groups excluding carboxylic acids is 1. The van der Waals surface area contributed by atoms with Crippen LogP contribution < -0.4 is 5.32 Å². The third kappa shape index (κ3) is 3.01. The summed E-state index contributed by atoms with van der Waals surface area (Å²) < 4.78 is 0. The third-order valence-corrected chi connectivity index (χ3v) is 3.79. The number of amides is 2. The number of hydrogen-bond donors (Lipinski definition) is 2. The van der Waals surface area contributed by atoms with Gasteiger partial charge in [-0.05, 0) is 25.7 Å². The molecule has 0 saturated carbocycles. The van der Waals surface area contributed by atoms with Crippen LogP contribution in [0.25, 0.3) is 0 Å². The quantitative estimate of drug-likeness (QED) is 0.746. The number of likely N-dealkylation sites (tertiary alicyclic amines) is 1. The minimum atomic E-state index is -1.07. The first kappa shape index (κ1) is 15.4. The van der Waals surface area contributed by atoms with Gasteiger partial charge in [-0.15, -0.1) is 6.42 Å². The molecule has 1 heterocycles. The Morgan fingerprint density at radius 2 is 2.21 bits per heavy atom. The fraction of sp³-hybridized carbons (Fsp3) is 0.714. The highest BCUT2D eigenvalue weighted by atomic mass is 16.4. The monoisotopic (exact) mass is 266 g/mol. The van der Waals surface area contributed by atoms with Crippen molar-refractivity contribution in [2.75, 3.05) is 6.54 Å². The molecule has 0 bridgehead atoms. The molecule has 106 valence electrons. The van der Waals surface area contributed by atoms with E-state index in [4.69, 9.17) is 6.42 Å². The molecule has 19 heavy (non-hydrogen) atoms. The Kier molecular flexibility index (Phi) is 5.22. The minimum absolute atomic E-state index is 0.332. The van der Waals surface area contributed by atoms with E-state index in [1.807, 2.05) is 6.92 Å². The number of nitrogens with one attached hydrogen (secondary N) is 1. The molecule has 2 amide bonds. The van der Waals surface area contributed by atoms with Gasteiger partial charge >= 0.3 is 12.0 Å². The normalized spacial score (nSPS) is 23.7. The van der Waals surface area contributed by atoms with Gasteiger partial charge in [-0.2, -0.15) is 0 Å². The Hall–Kier alpha value is -1.70. The van der Waals surface area contributed by atoms with Gasteiger partial charge in [-0.3, -0.25) is 0 Å². The number of hydrogen-bond acceptors (Lipinski definition) is 2. The zero-order chi connectivity index (χ0) is 14.5. The van der Waals surface area contributed by atoms with E-state index in [0.29, 0.717) is 32.2 Å². The molecular weight excluding hydrogens is 244 g/mol. The van der Waals surface area contributed by atoms with E-state index in [0.717, 1.165) is 6.42 Å². The Balaban J connectivity index is 2.81. The van der Waals surface area contributed by atoms with Crippen LogP contribution in [0.2, 0.25) is 0 Å². The molecule has 0 radical (unpaired) electrons. The number of rotatable bonds is 5. The molecule has 5 nitrogen and oxygen atoms in total. The molecular formula is C14H22N2O3. The van der Waals surface area contributed by atoms with E-state index < -0.39 is 11.5 Å². The van der Waals surface area contributed by atoms with Crippen LogP contribution in [0.15, 0.2) is 0 Å². The summed E-state index contributed by atoms with van der Waals surface area (Å²) in [7, 11) is 0. The number of terminal acetylenes is 1. The summed E-state index contributed by atoms with van der Waals surface area (Å²) in [5, 5.41) is 12.2. The van der Waals surface area contributed by atoms with Crippen LogP contribution in [0.4, 0.5) is 4.79 Å². The van der Waals surface area contributed by atoms with Crippen molar-refractivity contribution in [3.05, 3.63) is 0 Å². The number of aliphatic carboxylic acids is 1. The summed E-state index contributed by atoms with van der Waals surface area (Å²) in [6.45, 7) is 4.25. The molecule has 1 aliphatic heterocycles. The van der Waals surface area contributed by atoms with Crippen LogP contribution in [-0.2, 0) is 4.79 Å². The summed E-state index contributed by atoms with van der Waals surface area (Å²) in [5.41, 5.74) is -1.07. The average molecular weight is 266 g/mol. The highest BCUT2D eigenvalue weighted by molar-refractivity contribution is 5.87. The molecule has 1 aliphatic rings. The number of carboxylic acid groups (broad SMARTS) is 1. The van der Waals surface area contributed by atoms with E-state index in [1.54, 1.807) is 6.92 Å². The third-order valence-electron chi connectivity index (χ3n) is 3.79. The van der Waals surface area contributed by atoms with Crippen molar-refractivity contribution >= 4 is 12.0 Å². The van der Waals surface area contributed by atoms with Crippen molar-refractivity contribution < 1.29 is 14.7 Å². The van der Waals surface area contributed by atoms with Gasteiger partial charge in [0.1, 0.15) is 5.54 Å². The standard InChI is InChI=1S/C14H22N2O3/c1-4-8-11(5-2)15-13(19)16-10-7-9-14(16,6-3)12(17)18/h2,11H,4,6-10H2,1,3H3,(H,15,19)(H,17,18). The SMILES string of the molecule is C#CC(CCC)NC(=O)N1CCCC1(CC)C(=O)O. The van der Waals surface area contributed by atoms with E-state index in [9.17, 15) is 14.7 Å². The lowest BCUT2D eigenvalue weighted by atomic mass is 9.93. The van der Waals surface area contributed by atoms with Crippen molar-refractivity contribution in [2.24, 2.45) is 0 Å². The largest absolute Gasteiger partial charge is 0.479 e. The van der Waals surface area contributed by atoms with E-state index >= 15 is 0 Å². The number of urea groups is 1. The smallest absolute Gasteiger partial charge is 0.329 e. The first-order chi connectivity index (χ1) is 9.01. The number of carboxylic acids is 1. The Labute approximate surface area is 114 Å². The molecule has 1 saturated heterocycles. The molecule has 2 unspecified atom stereocenters. The van der Waals surface area contributed by atoms with E-state index in [1.165, 1.54) is 4.90 Å². The van der Waals surface area contributed by atoms with Crippen LogP contribution in [-0.4, -0.2) is 40.1 Å². The van der Waals surface area contributed by atoms with Crippen molar-refractivity contribution in [1.29, 1.82) is 0 Å². The maximum absolute atomic E-state index is 12.2. The van der Waals surface area contributed by atoms with Crippen LogP contribution in [0.3, 0.4) is 0 Å². The second-order valence-electron chi connectivity index (χ2n) is 4.90. The van der Waals surface area contributed by atoms with Crippen LogP contribution in [0, 0.1) is 12.3 Å². The van der Waals surface area contributed by atoms with Crippen molar-refractivity contribution in [3.8, 4) is 12.3 Å². The van der Waals surface area contributed by atoms with Crippen molar-refractivity contribution in [3.63, 3.8) is 0 Å². The molecule has 2 atom stereocenters. The zero-order valence-electron chi connectivity index (χ0n) is 11.6. The lowest BCUT2D eigenvalue weighted by Crippen LogP contribution is -2.56. The fourth-order valence-electron chi connectivity index (χ4n) is 2.63. The van der Waals surface area contributed by atoms with Gasteiger partial charge in [0.15, 0.2) is 0 Å². The fourth-order valence-corrected chi connectivity index (χ4v) is 2.63. The maximum Gasteiger partial charge on any atom is 0.329 e. The van der Waals surface area contributed by atoms with Gasteiger partial charge in [0.05, 0.1) is 6.04 Å². The van der Waals surface area contributed by atoms with Crippen LogP contribution >= 0.6 is 0 Å². The highest BCUT2D eigenvalue weighted by Gasteiger charge is 2.48. The molecule has 0 aliphatic carbocycles. The van der Waals surface area contributed by atoms with E-state index in [-0.39, 0.29) is 12.1 Å². The van der Waals surface area contributed by atoms with Gasteiger partial charge in [-0.1, -0.05) is 26.2 Å². The zero-order valence-corrected chi connectivity index (χ0v) is 11.6. The topological polar surface area (TPSA) is 69.6 Å². The first-order valence-corrected chi connectivity index (χ1v) is 6.79. The van der Waals surface area contributed by atoms with Gasteiger partial charge in [-0.25, -0.2) is 9.59 Å². The Morgan fingerprint density at radius 3 is 2.68 bits per heavy atom. The van der Waals surface area contributed by atoms with Crippen LogP contribution in [0.5, 0.6) is 0 Å². The summed E-state index contributed by atoms with van der Waals surface area (Å²) >= 11 is 0. The van der Waals surface area contributed by atoms with Gasteiger partial charge < -0.3 is 15.3 Å². The second kappa shape index (κ2) is 6.46. The molecule has 1 fully saturated rings. The van der Waals surface area contributed by atoms with E-state index in [2.05, 4.69) is 11.2 Å². The minimum Gasteiger partial charge on any atom is -0.479 e. The lowest BCUT2D eigenvalue weighted by molar-refractivity contribution is -0.148. The first-order valence-electron chi connectivity index (χ1n) is 6.79.